The van der Waals surface area contributed by atoms with Crippen LogP contribution in [0, 0.1) is 0 Å². The van der Waals surface area contributed by atoms with Crippen LogP contribution in [0.2, 0.25) is 0 Å². The molecular formula is C15H16N4O2S2. The topological polar surface area (TPSA) is 76.4 Å². The molecule has 8 heteroatoms. The summed E-state index contributed by atoms with van der Waals surface area (Å²) in [6, 6.07) is 11.5. The Hall–Kier alpha value is -2.06. The molecule has 0 saturated heterocycles. The first kappa shape index (κ1) is 15.8. The van der Waals surface area contributed by atoms with Crippen molar-refractivity contribution in [2.45, 2.75) is 16.5 Å². The number of nitrogens with zero attached hydrogens (tertiary/aromatic N) is 3. The third-order valence-electron chi connectivity index (χ3n) is 3.33. The number of sulfone groups is 1. The zero-order valence-corrected chi connectivity index (χ0v) is 14.4. The number of benzene rings is 1. The molecule has 23 heavy (non-hydrogen) atoms. The Morgan fingerprint density at radius 3 is 2.61 bits per heavy atom. The summed E-state index contributed by atoms with van der Waals surface area (Å²) < 4.78 is 26.1. The molecule has 2 heterocycles. The van der Waals surface area contributed by atoms with Crippen LogP contribution in [-0.2, 0) is 16.4 Å². The minimum Gasteiger partial charge on any atom is -0.365 e. The van der Waals surface area contributed by atoms with Gasteiger partial charge < -0.3 is 5.32 Å². The van der Waals surface area contributed by atoms with Gasteiger partial charge in [-0.05, 0) is 11.8 Å². The molecule has 0 spiro atoms. The van der Waals surface area contributed by atoms with E-state index in [9.17, 15) is 8.42 Å². The van der Waals surface area contributed by atoms with E-state index in [2.05, 4.69) is 15.4 Å². The van der Waals surface area contributed by atoms with E-state index in [0.29, 0.717) is 23.0 Å². The molecule has 1 N–H and O–H groups in total. The lowest BCUT2D eigenvalue weighted by molar-refractivity contribution is 0.597. The van der Waals surface area contributed by atoms with Gasteiger partial charge in [-0.3, -0.25) is 0 Å². The highest BCUT2D eigenvalue weighted by molar-refractivity contribution is 7.99. The maximum absolute atomic E-state index is 12.3. The standard InChI is InChI=1S/C15H16N4O2S2/c1-22-15-13(23(2,20)21)14(19-12(18-15)8-9-17-19)16-10-11-6-4-3-5-7-11/h3-9,16H,10H2,1-2H3. The number of rotatable bonds is 5. The molecule has 0 radical (unpaired) electrons. The van der Waals surface area contributed by atoms with Gasteiger partial charge in [-0.2, -0.15) is 9.61 Å². The maximum atomic E-state index is 12.3. The second-order valence-electron chi connectivity index (χ2n) is 5.01. The van der Waals surface area contributed by atoms with Crippen molar-refractivity contribution in [2.75, 3.05) is 17.8 Å². The molecule has 2 aromatic heterocycles. The second-order valence-corrected chi connectivity index (χ2v) is 7.76. The zero-order valence-electron chi connectivity index (χ0n) is 12.7. The van der Waals surface area contributed by atoms with Gasteiger partial charge >= 0.3 is 0 Å². The molecule has 0 fully saturated rings. The minimum absolute atomic E-state index is 0.178. The molecule has 0 atom stereocenters. The summed E-state index contributed by atoms with van der Waals surface area (Å²) in [5.74, 6) is 0.440. The third kappa shape index (κ3) is 3.18. The number of anilines is 1. The average Bonchev–Trinajstić information content (AvgIpc) is 3.00. The second kappa shape index (κ2) is 6.21. The first-order valence-electron chi connectivity index (χ1n) is 6.90. The summed E-state index contributed by atoms with van der Waals surface area (Å²) in [6.45, 7) is 0.496. The largest absolute Gasteiger partial charge is 0.365 e. The summed E-state index contributed by atoms with van der Waals surface area (Å²) in [5.41, 5.74) is 1.66. The number of thioether (sulfide) groups is 1. The van der Waals surface area contributed by atoms with Crippen LogP contribution in [-0.4, -0.2) is 35.5 Å². The van der Waals surface area contributed by atoms with Gasteiger partial charge in [0, 0.05) is 18.9 Å². The van der Waals surface area contributed by atoms with Crippen molar-refractivity contribution >= 4 is 33.1 Å². The molecule has 0 aliphatic heterocycles. The van der Waals surface area contributed by atoms with Gasteiger partial charge in [0.1, 0.15) is 9.92 Å². The van der Waals surface area contributed by atoms with Gasteiger partial charge in [0.05, 0.1) is 6.20 Å². The Kier molecular flexibility index (Phi) is 4.27. The monoisotopic (exact) mass is 348 g/mol. The fourth-order valence-electron chi connectivity index (χ4n) is 2.31. The first-order valence-corrected chi connectivity index (χ1v) is 10.0. The molecular weight excluding hydrogens is 332 g/mol. The molecule has 6 nitrogen and oxygen atoms in total. The van der Waals surface area contributed by atoms with Gasteiger partial charge in [0.2, 0.25) is 0 Å². The summed E-state index contributed by atoms with van der Waals surface area (Å²) >= 11 is 1.30. The van der Waals surface area contributed by atoms with Crippen LogP contribution in [0.25, 0.3) is 5.65 Å². The number of fused-ring (bicyclic) bond motifs is 1. The summed E-state index contributed by atoms with van der Waals surface area (Å²) in [5, 5.41) is 7.87. The van der Waals surface area contributed by atoms with E-state index in [1.165, 1.54) is 22.5 Å². The van der Waals surface area contributed by atoms with Crippen LogP contribution in [0.5, 0.6) is 0 Å². The van der Waals surface area contributed by atoms with E-state index >= 15 is 0 Å². The van der Waals surface area contributed by atoms with Crippen LogP contribution in [0.3, 0.4) is 0 Å². The Bertz CT molecular complexity index is 937. The molecule has 120 valence electrons. The van der Waals surface area contributed by atoms with Crippen molar-refractivity contribution < 1.29 is 8.42 Å². The highest BCUT2D eigenvalue weighted by Crippen LogP contribution is 2.31. The minimum atomic E-state index is -3.46. The molecule has 0 unspecified atom stereocenters. The molecule has 3 rings (SSSR count). The zero-order chi connectivity index (χ0) is 16.4. The SMILES string of the molecule is CSc1nc2ccnn2c(NCc2ccccc2)c1S(C)(=O)=O. The number of nitrogens with one attached hydrogen (secondary N) is 1. The van der Waals surface area contributed by atoms with Crippen LogP contribution in [0.1, 0.15) is 5.56 Å². The summed E-state index contributed by atoms with van der Waals surface area (Å²) in [6.07, 6.45) is 4.60. The van der Waals surface area contributed by atoms with Crippen molar-refractivity contribution in [3.63, 3.8) is 0 Å². The van der Waals surface area contributed by atoms with Crippen LogP contribution >= 0.6 is 11.8 Å². The Labute approximate surface area is 138 Å². The van der Waals surface area contributed by atoms with Gasteiger partial charge in [0.25, 0.3) is 0 Å². The predicted molar refractivity (Wildman–Crippen MR) is 91.6 cm³/mol. The molecule has 3 aromatic rings. The summed E-state index contributed by atoms with van der Waals surface area (Å²) in [4.78, 5) is 4.56. The van der Waals surface area contributed by atoms with Gasteiger partial charge in [-0.25, -0.2) is 13.4 Å². The lowest BCUT2D eigenvalue weighted by Crippen LogP contribution is -2.14. The Balaban J connectivity index is 2.14. The van der Waals surface area contributed by atoms with Crippen molar-refractivity contribution in [1.82, 2.24) is 14.6 Å². The third-order valence-corrected chi connectivity index (χ3v) is 5.27. The molecule has 0 amide bonds. The van der Waals surface area contributed by atoms with Crippen LogP contribution < -0.4 is 5.32 Å². The highest BCUT2D eigenvalue weighted by atomic mass is 32.2. The van der Waals surface area contributed by atoms with E-state index in [-0.39, 0.29) is 4.90 Å². The average molecular weight is 348 g/mol. The normalized spacial score (nSPS) is 11.7. The fraction of sp³-hybridized carbons (Fsp3) is 0.200. The van der Waals surface area contributed by atoms with Crippen molar-refractivity contribution in [3.05, 3.63) is 48.2 Å². The molecule has 1 aromatic carbocycles. The Morgan fingerprint density at radius 1 is 1.22 bits per heavy atom. The van der Waals surface area contributed by atoms with E-state index in [4.69, 9.17) is 0 Å². The lowest BCUT2D eigenvalue weighted by atomic mass is 10.2. The molecule has 0 aliphatic rings. The number of hydrogen-bond acceptors (Lipinski definition) is 6. The summed E-state index contributed by atoms with van der Waals surface area (Å²) in [7, 11) is -3.46. The number of aromatic nitrogens is 3. The Morgan fingerprint density at radius 2 is 1.96 bits per heavy atom. The van der Waals surface area contributed by atoms with E-state index in [1.54, 1.807) is 12.3 Å². The molecule has 0 bridgehead atoms. The van der Waals surface area contributed by atoms with Gasteiger partial charge in [-0.15, -0.1) is 11.8 Å². The van der Waals surface area contributed by atoms with Gasteiger partial charge in [0.15, 0.2) is 21.3 Å². The van der Waals surface area contributed by atoms with Gasteiger partial charge in [-0.1, -0.05) is 30.3 Å². The lowest BCUT2D eigenvalue weighted by Gasteiger charge is -2.15. The van der Waals surface area contributed by atoms with Crippen molar-refractivity contribution in [2.24, 2.45) is 0 Å². The first-order chi connectivity index (χ1) is 11.0. The van der Waals surface area contributed by atoms with E-state index < -0.39 is 9.84 Å². The van der Waals surface area contributed by atoms with E-state index in [1.807, 2.05) is 36.6 Å². The van der Waals surface area contributed by atoms with Crippen molar-refractivity contribution in [1.29, 1.82) is 0 Å². The highest BCUT2D eigenvalue weighted by Gasteiger charge is 2.23. The predicted octanol–water partition coefficient (Wildman–Crippen LogP) is 2.47. The van der Waals surface area contributed by atoms with Crippen LogP contribution in [0.15, 0.2) is 52.5 Å². The fourth-order valence-corrected chi connectivity index (χ4v) is 4.36. The molecule has 0 aliphatic carbocycles. The number of hydrogen-bond donors (Lipinski definition) is 1. The van der Waals surface area contributed by atoms with E-state index in [0.717, 1.165) is 5.56 Å². The molecule has 0 saturated carbocycles. The van der Waals surface area contributed by atoms with Crippen LogP contribution in [0.4, 0.5) is 5.82 Å². The maximum Gasteiger partial charge on any atom is 0.181 e. The smallest absolute Gasteiger partial charge is 0.181 e. The van der Waals surface area contributed by atoms with Crippen molar-refractivity contribution in [3.8, 4) is 0 Å². The quantitative estimate of drug-likeness (QED) is 0.564.